The van der Waals surface area contributed by atoms with Crippen molar-refractivity contribution in [1.82, 2.24) is 15.3 Å². The number of amides is 3. The van der Waals surface area contributed by atoms with Gasteiger partial charge in [-0.1, -0.05) is 0 Å². The van der Waals surface area contributed by atoms with Crippen molar-refractivity contribution in [3.63, 3.8) is 0 Å². The number of alkyl halides is 3. The number of fused-ring (bicyclic) bond motifs is 1. The van der Waals surface area contributed by atoms with Crippen molar-refractivity contribution in [2.75, 3.05) is 34.8 Å². The molecule has 0 fully saturated rings. The lowest BCUT2D eigenvalue weighted by atomic mass is 10.0. The molecule has 0 saturated heterocycles. The van der Waals surface area contributed by atoms with Gasteiger partial charge in [-0.05, 0) is 74.0 Å². The zero-order chi connectivity index (χ0) is 32.5. The standard InChI is InChI=1S/C31H27F4N7O3/c1-15-25(13-21-20-12-19(32)5-7-23(20)41-29(21)44)40-16(2)27(15)30(45)38-10-9-37-26-8-3-17(14-39-26)28(43)42-24-6-4-18(11-22(24)36)31(33,34)35/h3-8,11-14,40H,9-10,36H2,1-2H3,(H,37,39)(H,38,45)(H,41,44)(H,42,43). The zero-order valence-corrected chi connectivity index (χ0v) is 23.9. The first-order chi connectivity index (χ1) is 21.3. The van der Waals surface area contributed by atoms with E-state index in [2.05, 4.69) is 31.2 Å². The summed E-state index contributed by atoms with van der Waals surface area (Å²) >= 11 is 0. The van der Waals surface area contributed by atoms with Crippen molar-refractivity contribution in [2.24, 2.45) is 0 Å². The van der Waals surface area contributed by atoms with E-state index < -0.39 is 23.5 Å². The van der Waals surface area contributed by atoms with Crippen molar-refractivity contribution >= 4 is 52.3 Å². The summed E-state index contributed by atoms with van der Waals surface area (Å²) in [5.41, 5.74) is 8.12. The molecule has 0 unspecified atom stereocenters. The monoisotopic (exact) mass is 621 g/mol. The fourth-order valence-corrected chi connectivity index (χ4v) is 4.84. The number of H-pyrrole nitrogens is 1. The lowest BCUT2D eigenvalue weighted by Gasteiger charge is -2.12. The number of carbonyl (C=O) groups is 3. The van der Waals surface area contributed by atoms with E-state index >= 15 is 0 Å². The van der Waals surface area contributed by atoms with E-state index in [1.54, 1.807) is 19.9 Å². The fourth-order valence-electron chi connectivity index (χ4n) is 4.84. The third kappa shape index (κ3) is 6.64. The molecule has 0 bridgehead atoms. The average molecular weight is 622 g/mol. The molecule has 1 aliphatic heterocycles. The van der Waals surface area contributed by atoms with Gasteiger partial charge in [-0.2, -0.15) is 13.2 Å². The zero-order valence-electron chi connectivity index (χ0n) is 23.9. The Bertz CT molecular complexity index is 1850. The molecule has 1 aliphatic rings. The van der Waals surface area contributed by atoms with Crippen molar-refractivity contribution in [3.8, 4) is 0 Å². The van der Waals surface area contributed by atoms with Crippen LogP contribution in [-0.2, 0) is 11.0 Å². The molecular formula is C31H27F4N7O3. The number of hydrogen-bond donors (Lipinski definition) is 6. The number of hydrogen-bond acceptors (Lipinski definition) is 6. The molecule has 232 valence electrons. The summed E-state index contributed by atoms with van der Waals surface area (Å²) in [6.45, 7) is 4.01. The normalized spacial score (nSPS) is 13.4. The molecule has 5 rings (SSSR count). The Morgan fingerprint density at radius 3 is 2.49 bits per heavy atom. The van der Waals surface area contributed by atoms with Crippen LogP contribution in [0.4, 0.5) is 40.4 Å². The lowest BCUT2D eigenvalue weighted by Crippen LogP contribution is -2.29. The summed E-state index contributed by atoms with van der Waals surface area (Å²) in [6.07, 6.45) is -1.67. The second-order valence-electron chi connectivity index (χ2n) is 10.2. The van der Waals surface area contributed by atoms with Gasteiger partial charge >= 0.3 is 6.18 Å². The largest absolute Gasteiger partial charge is 0.416 e. The summed E-state index contributed by atoms with van der Waals surface area (Å²) in [6, 6.07) is 9.70. The Morgan fingerprint density at radius 1 is 1.02 bits per heavy atom. The number of benzene rings is 2. The van der Waals surface area contributed by atoms with Crippen LogP contribution in [0.1, 0.15) is 48.8 Å². The summed E-state index contributed by atoms with van der Waals surface area (Å²) < 4.78 is 52.3. The lowest BCUT2D eigenvalue weighted by molar-refractivity contribution is -0.137. The number of rotatable bonds is 8. The van der Waals surface area contributed by atoms with E-state index in [1.165, 1.54) is 36.5 Å². The number of nitrogens with one attached hydrogen (secondary N) is 5. The van der Waals surface area contributed by atoms with E-state index in [0.29, 0.717) is 46.1 Å². The highest BCUT2D eigenvalue weighted by atomic mass is 19.4. The minimum atomic E-state index is -4.55. The number of anilines is 4. The van der Waals surface area contributed by atoms with Gasteiger partial charge in [0.15, 0.2) is 0 Å². The predicted molar refractivity (Wildman–Crippen MR) is 162 cm³/mol. The van der Waals surface area contributed by atoms with Crippen LogP contribution in [0.25, 0.3) is 11.6 Å². The smallest absolute Gasteiger partial charge is 0.397 e. The number of carbonyl (C=O) groups excluding carboxylic acids is 3. The third-order valence-electron chi connectivity index (χ3n) is 7.13. The molecule has 3 heterocycles. The molecule has 10 nitrogen and oxygen atoms in total. The van der Waals surface area contributed by atoms with Crippen LogP contribution in [0.2, 0.25) is 0 Å². The molecule has 3 amide bonds. The summed E-state index contributed by atoms with van der Waals surface area (Å²) in [5.74, 6) is -1.36. The van der Waals surface area contributed by atoms with Crippen molar-refractivity contribution in [2.45, 2.75) is 20.0 Å². The van der Waals surface area contributed by atoms with E-state index in [0.717, 1.165) is 18.2 Å². The fraction of sp³-hybridized carbons (Fsp3) is 0.161. The van der Waals surface area contributed by atoms with Crippen LogP contribution >= 0.6 is 0 Å². The Balaban J connectivity index is 1.15. The second kappa shape index (κ2) is 12.1. The summed E-state index contributed by atoms with van der Waals surface area (Å²) in [7, 11) is 0. The molecule has 0 atom stereocenters. The third-order valence-corrected chi connectivity index (χ3v) is 7.13. The first kappa shape index (κ1) is 30.8. The summed E-state index contributed by atoms with van der Waals surface area (Å²) in [4.78, 5) is 45.3. The molecule has 7 N–H and O–H groups in total. The number of nitrogens with zero attached hydrogens (tertiary/aromatic N) is 1. The maximum Gasteiger partial charge on any atom is 0.416 e. The van der Waals surface area contributed by atoms with Crippen molar-refractivity contribution in [1.29, 1.82) is 0 Å². The van der Waals surface area contributed by atoms with Gasteiger partial charge in [-0.25, -0.2) is 9.37 Å². The number of halogens is 4. The number of nitrogen functional groups attached to an aromatic ring is 1. The minimum Gasteiger partial charge on any atom is -0.397 e. The van der Waals surface area contributed by atoms with Gasteiger partial charge in [-0.3, -0.25) is 14.4 Å². The second-order valence-corrected chi connectivity index (χ2v) is 10.2. The van der Waals surface area contributed by atoms with Gasteiger partial charge in [0, 0.05) is 41.9 Å². The SMILES string of the molecule is Cc1[nH]c(C=C2C(=O)Nc3ccc(F)cc32)c(C)c1C(=O)NCCNc1ccc(C(=O)Nc2ccc(C(F)(F)F)cc2N)cn1. The van der Waals surface area contributed by atoms with Crippen molar-refractivity contribution < 1.29 is 31.9 Å². The highest BCUT2D eigenvalue weighted by Gasteiger charge is 2.31. The quantitative estimate of drug-likeness (QED) is 0.0675. The van der Waals surface area contributed by atoms with E-state index in [1.807, 2.05) is 0 Å². The number of pyridine rings is 1. The maximum atomic E-state index is 13.8. The van der Waals surface area contributed by atoms with Crippen LogP contribution < -0.4 is 27.0 Å². The molecule has 45 heavy (non-hydrogen) atoms. The topological polar surface area (TPSA) is 154 Å². The van der Waals surface area contributed by atoms with Crippen LogP contribution in [0, 0.1) is 19.7 Å². The van der Waals surface area contributed by atoms with Gasteiger partial charge < -0.3 is 32.0 Å². The maximum absolute atomic E-state index is 13.8. The molecule has 4 aromatic rings. The Kier molecular flexibility index (Phi) is 8.31. The number of aromatic nitrogens is 2. The number of aryl methyl sites for hydroxylation is 1. The number of nitrogens with two attached hydrogens (primary N) is 1. The van der Waals surface area contributed by atoms with Crippen LogP contribution in [0.15, 0.2) is 54.7 Å². The molecule has 2 aromatic heterocycles. The van der Waals surface area contributed by atoms with Gasteiger partial charge in [0.1, 0.15) is 11.6 Å². The summed E-state index contributed by atoms with van der Waals surface area (Å²) in [5, 5.41) is 11.0. The molecule has 14 heteroatoms. The molecule has 0 aliphatic carbocycles. The first-order valence-corrected chi connectivity index (χ1v) is 13.6. The van der Waals surface area contributed by atoms with E-state index in [9.17, 15) is 31.9 Å². The van der Waals surface area contributed by atoms with Gasteiger partial charge in [0.05, 0.1) is 33.6 Å². The Morgan fingerprint density at radius 2 is 1.80 bits per heavy atom. The molecule has 2 aromatic carbocycles. The van der Waals surface area contributed by atoms with Crippen LogP contribution in [-0.4, -0.2) is 40.8 Å². The average Bonchev–Trinajstić information content (AvgIpc) is 3.45. The highest BCUT2D eigenvalue weighted by Crippen LogP contribution is 2.35. The predicted octanol–water partition coefficient (Wildman–Crippen LogP) is 5.35. The highest BCUT2D eigenvalue weighted by molar-refractivity contribution is 6.35. The van der Waals surface area contributed by atoms with Crippen molar-refractivity contribution in [3.05, 3.63) is 99.8 Å². The minimum absolute atomic E-state index is 0.0346. The Hall–Kier alpha value is -5.66. The van der Waals surface area contributed by atoms with Gasteiger partial charge in [-0.15, -0.1) is 0 Å². The van der Waals surface area contributed by atoms with Gasteiger partial charge in [0.25, 0.3) is 17.7 Å². The van der Waals surface area contributed by atoms with E-state index in [4.69, 9.17) is 5.73 Å². The number of aromatic amines is 1. The Labute approximate surface area is 254 Å². The molecule has 0 saturated carbocycles. The molecular weight excluding hydrogens is 594 g/mol. The molecule has 0 spiro atoms. The first-order valence-electron chi connectivity index (χ1n) is 13.6. The molecule has 0 radical (unpaired) electrons. The van der Waals surface area contributed by atoms with Crippen LogP contribution in [0.5, 0.6) is 0 Å². The van der Waals surface area contributed by atoms with E-state index in [-0.39, 0.29) is 40.9 Å². The van der Waals surface area contributed by atoms with Gasteiger partial charge in [0.2, 0.25) is 0 Å². The van der Waals surface area contributed by atoms with Crippen LogP contribution in [0.3, 0.4) is 0 Å².